The SMILES string of the molecule is O=C(O)CC(O)([13CH2][13C](=O)O)C(=O)O. The summed E-state index contributed by atoms with van der Waals surface area (Å²) >= 11 is 0. The summed E-state index contributed by atoms with van der Waals surface area (Å²) in [6.07, 6.45) is -2.29. The van der Waals surface area contributed by atoms with Crippen LogP contribution in [0, 0.1) is 0 Å². The fourth-order valence-electron chi connectivity index (χ4n) is 0.714. The minimum absolute atomic E-state index is 1.14. The van der Waals surface area contributed by atoms with Crippen molar-refractivity contribution in [2.75, 3.05) is 0 Å². The Morgan fingerprint density at radius 1 is 0.923 bits per heavy atom. The molecule has 0 amide bonds. The van der Waals surface area contributed by atoms with Gasteiger partial charge >= 0.3 is 17.9 Å². The van der Waals surface area contributed by atoms with Crippen molar-refractivity contribution >= 4 is 17.9 Å². The lowest BCUT2D eigenvalue weighted by atomic mass is 10.1. The molecule has 0 saturated carbocycles. The lowest BCUT2D eigenvalue weighted by Gasteiger charge is -2.18. The second-order valence-electron chi connectivity index (χ2n) is 2.48. The van der Waals surface area contributed by atoms with Crippen molar-refractivity contribution in [2.24, 2.45) is 0 Å². The van der Waals surface area contributed by atoms with E-state index in [4.69, 9.17) is 20.4 Å². The minimum Gasteiger partial charge on any atom is -0.481 e. The van der Waals surface area contributed by atoms with Gasteiger partial charge in [0, 0.05) is 0 Å². The van der Waals surface area contributed by atoms with E-state index in [1.165, 1.54) is 0 Å². The summed E-state index contributed by atoms with van der Waals surface area (Å²) in [6.45, 7) is 0. The van der Waals surface area contributed by atoms with Crippen LogP contribution in [0.5, 0.6) is 0 Å². The molecule has 0 aromatic carbocycles. The molecule has 0 aliphatic carbocycles. The summed E-state index contributed by atoms with van der Waals surface area (Å²) in [5.41, 5.74) is -2.74. The molecule has 0 spiro atoms. The zero-order valence-electron chi connectivity index (χ0n) is 6.43. The quantitative estimate of drug-likeness (QED) is 0.402. The number of carbonyl (C=O) groups is 3. The van der Waals surface area contributed by atoms with Gasteiger partial charge in [0.25, 0.3) is 0 Å². The normalized spacial score (nSPS) is 14.5. The summed E-state index contributed by atoms with van der Waals surface area (Å²) in [5, 5.41) is 33.8. The Balaban J connectivity index is 4.62. The van der Waals surface area contributed by atoms with Crippen LogP contribution in [0.4, 0.5) is 0 Å². The first-order valence-electron chi connectivity index (χ1n) is 3.17. The highest BCUT2D eigenvalue weighted by Crippen LogP contribution is 2.15. The second kappa shape index (κ2) is 3.85. The predicted octanol–water partition coefficient (Wildman–Crippen LogP) is -1.25. The van der Waals surface area contributed by atoms with Crippen molar-refractivity contribution in [1.29, 1.82) is 0 Å². The molecular weight excluding hydrogens is 186 g/mol. The summed E-state index contributed by atoms with van der Waals surface area (Å²) in [6, 6.07) is 0. The van der Waals surface area contributed by atoms with Crippen LogP contribution >= 0.6 is 0 Å². The molecule has 0 rings (SSSR count). The number of aliphatic hydroxyl groups is 1. The zero-order valence-corrected chi connectivity index (χ0v) is 6.43. The van der Waals surface area contributed by atoms with Gasteiger partial charge in [-0.2, -0.15) is 0 Å². The van der Waals surface area contributed by atoms with Gasteiger partial charge < -0.3 is 20.4 Å². The number of carboxylic acid groups (broad SMARTS) is 3. The Bertz CT molecular complexity index is 227. The van der Waals surface area contributed by atoms with Crippen molar-refractivity contribution < 1.29 is 34.8 Å². The number of hydrogen-bond acceptors (Lipinski definition) is 4. The van der Waals surface area contributed by atoms with Crippen LogP contribution in [0.3, 0.4) is 0 Å². The first kappa shape index (κ1) is 11.4. The fraction of sp³-hybridized carbons (Fsp3) is 0.500. The van der Waals surface area contributed by atoms with E-state index in [-0.39, 0.29) is 0 Å². The van der Waals surface area contributed by atoms with Crippen molar-refractivity contribution in [2.45, 2.75) is 18.4 Å². The molecule has 7 heteroatoms. The van der Waals surface area contributed by atoms with Gasteiger partial charge in [-0.1, -0.05) is 0 Å². The monoisotopic (exact) mass is 194 g/mol. The largest absolute Gasteiger partial charge is 0.481 e. The van der Waals surface area contributed by atoms with Crippen molar-refractivity contribution in [1.82, 2.24) is 0 Å². The average molecular weight is 194 g/mol. The van der Waals surface area contributed by atoms with Crippen LogP contribution in [-0.2, 0) is 14.4 Å². The second-order valence-corrected chi connectivity index (χ2v) is 2.48. The molecule has 1 atom stereocenters. The summed E-state index contributed by atoms with van der Waals surface area (Å²) in [5.74, 6) is -5.02. The van der Waals surface area contributed by atoms with Crippen molar-refractivity contribution in [3.63, 3.8) is 0 Å². The van der Waals surface area contributed by atoms with Crippen molar-refractivity contribution in [3.05, 3.63) is 0 Å². The van der Waals surface area contributed by atoms with E-state index in [1.54, 1.807) is 0 Å². The third-order valence-corrected chi connectivity index (χ3v) is 1.29. The highest BCUT2D eigenvalue weighted by atomic mass is 16.5. The standard InChI is InChI=1S/C6H8O7/c7-3(8)1-6(13,5(11)12)2-4(9)10/h13H,1-2H2,(H,7,8)(H,9,10)(H,11,12)/i1+1,3+1. The molecule has 74 valence electrons. The first-order valence-corrected chi connectivity index (χ1v) is 3.17. The number of aliphatic carboxylic acids is 3. The lowest BCUT2D eigenvalue weighted by molar-refractivity contribution is -0.170. The van der Waals surface area contributed by atoms with Crippen LogP contribution in [-0.4, -0.2) is 43.9 Å². The number of carboxylic acids is 3. The van der Waals surface area contributed by atoms with Crippen LogP contribution in [0.25, 0.3) is 0 Å². The van der Waals surface area contributed by atoms with E-state index in [0.717, 1.165) is 0 Å². The molecule has 0 aromatic rings. The van der Waals surface area contributed by atoms with Crippen LogP contribution < -0.4 is 0 Å². The molecule has 1 unspecified atom stereocenters. The lowest BCUT2D eigenvalue weighted by Crippen LogP contribution is -2.42. The molecule has 0 fully saturated rings. The zero-order chi connectivity index (χ0) is 10.6. The third kappa shape index (κ3) is 3.52. The van der Waals surface area contributed by atoms with Gasteiger partial charge in [0.1, 0.15) is 0 Å². The fourth-order valence-corrected chi connectivity index (χ4v) is 0.714. The van der Waals surface area contributed by atoms with Gasteiger partial charge in [0.05, 0.1) is 12.8 Å². The van der Waals surface area contributed by atoms with E-state index in [9.17, 15) is 14.4 Å². The van der Waals surface area contributed by atoms with Crippen LogP contribution in [0.15, 0.2) is 0 Å². The topological polar surface area (TPSA) is 132 Å². The summed E-state index contributed by atoms with van der Waals surface area (Å²) < 4.78 is 0. The van der Waals surface area contributed by atoms with E-state index in [2.05, 4.69) is 0 Å². The maximum Gasteiger partial charge on any atom is 0.336 e. The maximum absolute atomic E-state index is 10.3. The maximum atomic E-state index is 10.3. The molecule has 0 bridgehead atoms. The first-order chi connectivity index (χ1) is 5.78. The van der Waals surface area contributed by atoms with Gasteiger partial charge in [-0.05, 0) is 0 Å². The molecule has 0 radical (unpaired) electrons. The molecule has 0 aliphatic heterocycles. The molecule has 4 N–H and O–H groups in total. The smallest absolute Gasteiger partial charge is 0.336 e. The Morgan fingerprint density at radius 2 is 1.23 bits per heavy atom. The molecule has 0 aromatic heterocycles. The molecule has 0 heterocycles. The van der Waals surface area contributed by atoms with E-state index < -0.39 is 36.4 Å². The van der Waals surface area contributed by atoms with Crippen LogP contribution in [0.1, 0.15) is 12.8 Å². The Kier molecular flexibility index (Phi) is 3.37. The Hall–Kier alpha value is -1.63. The minimum atomic E-state index is -2.74. The Labute approximate surface area is 72.2 Å². The molecular formula is C6H8O7. The third-order valence-electron chi connectivity index (χ3n) is 1.29. The number of hydrogen-bond donors (Lipinski definition) is 4. The van der Waals surface area contributed by atoms with Gasteiger partial charge in [-0.3, -0.25) is 9.59 Å². The van der Waals surface area contributed by atoms with Gasteiger partial charge in [0.2, 0.25) is 0 Å². The predicted molar refractivity (Wildman–Crippen MR) is 37.1 cm³/mol. The summed E-state index contributed by atoms with van der Waals surface area (Å²) in [7, 11) is 0. The van der Waals surface area contributed by atoms with Gasteiger partial charge in [0.15, 0.2) is 5.60 Å². The molecule has 0 saturated heterocycles. The Morgan fingerprint density at radius 3 is 1.38 bits per heavy atom. The average Bonchev–Trinajstić information content (AvgIpc) is 1.82. The van der Waals surface area contributed by atoms with E-state index >= 15 is 0 Å². The highest BCUT2D eigenvalue weighted by molar-refractivity contribution is 5.88. The molecule has 7 nitrogen and oxygen atoms in total. The highest BCUT2D eigenvalue weighted by Gasteiger charge is 2.40. The van der Waals surface area contributed by atoms with Crippen LogP contribution in [0.2, 0.25) is 0 Å². The molecule has 13 heavy (non-hydrogen) atoms. The molecule has 0 aliphatic rings. The number of rotatable bonds is 5. The van der Waals surface area contributed by atoms with Gasteiger partial charge in [-0.15, -0.1) is 0 Å². The summed E-state index contributed by atoms with van der Waals surface area (Å²) in [4.78, 5) is 30.5. The van der Waals surface area contributed by atoms with Gasteiger partial charge in [-0.25, -0.2) is 4.79 Å². The van der Waals surface area contributed by atoms with E-state index in [1.807, 2.05) is 0 Å². The van der Waals surface area contributed by atoms with E-state index in [0.29, 0.717) is 0 Å². The van der Waals surface area contributed by atoms with Crippen molar-refractivity contribution in [3.8, 4) is 0 Å².